The van der Waals surface area contributed by atoms with Crippen LogP contribution in [0.4, 0.5) is 5.69 Å². The number of nitrogens with zero attached hydrogens (tertiary/aromatic N) is 2. The largest absolute Gasteiger partial charge is 0.481 e. The van der Waals surface area contributed by atoms with Gasteiger partial charge in [-0.1, -0.05) is 37.0 Å². The molecule has 2 aromatic rings. The molecule has 0 radical (unpaired) electrons. The molecule has 1 aromatic heterocycles. The van der Waals surface area contributed by atoms with Crippen molar-refractivity contribution < 1.29 is 14.7 Å². The molecule has 0 spiro atoms. The van der Waals surface area contributed by atoms with E-state index in [9.17, 15) is 9.59 Å². The summed E-state index contributed by atoms with van der Waals surface area (Å²) in [6.07, 6.45) is 4.40. The summed E-state index contributed by atoms with van der Waals surface area (Å²) in [5.41, 5.74) is 1.43. The van der Waals surface area contributed by atoms with E-state index in [1.165, 1.54) is 5.56 Å². The Morgan fingerprint density at radius 3 is 2.54 bits per heavy atom. The number of amides is 1. The van der Waals surface area contributed by atoms with Crippen molar-refractivity contribution in [1.82, 2.24) is 20.5 Å². The quantitative estimate of drug-likeness (QED) is 0.582. The van der Waals surface area contributed by atoms with Crippen LogP contribution in [0, 0.1) is 6.92 Å². The first-order valence-electron chi connectivity index (χ1n) is 9.67. The van der Waals surface area contributed by atoms with E-state index in [2.05, 4.69) is 25.8 Å². The predicted octanol–water partition coefficient (Wildman–Crippen LogP) is 2.73. The maximum Gasteiger partial charge on any atom is 0.311 e. The summed E-state index contributed by atoms with van der Waals surface area (Å²) >= 11 is 0. The molecule has 1 heterocycles. The topological polar surface area (TPSA) is 120 Å². The van der Waals surface area contributed by atoms with Gasteiger partial charge in [-0.3, -0.25) is 14.7 Å². The Labute approximate surface area is 164 Å². The van der Waals surface area contributed by atoms with Crippen molar-refractivity contribution in [3.05, 3.63) is 41.5 Å². The number of aliphatic carboxylic acids is 1. The summed E-state index contributed by atoms with van der Waals surface area (Å²) in [5, 5.41) is 22.0. The fraction of sp³-hybridized carbons (Fsp3) is 0.500. The van der Waals surface area contributed by atoms with Crippen molar-refractivity contribution >= 4 is 17.6 Å². The highest BCUT2D eigenvalue weighted by Crippen LogP contribution is 2.32. The molecule has 28 heavy (non-hydrogen) atoms. The monoisotopic (exact) mass is 385 g/mol. The Balaban J connectivity index is 1.73. The predicted molar refractivity (Wildman–Crippen MR) is 105 cm³/mol. The van der Waals surface area contributed by atoms with Crippen LogP contribution in [0.1, 0.15) is 62.3 Å². The second-order valence-corrected chi connectivity index (χ2v) is 7.54. The second-order valence-electron chi connectivity index (χ2n) is 7.54. The van der Waals surface area contributed by atoms with Crippen LogP contribution in [-0.2, 0) is 16.0 Å². The van der Waals surface area contributed by atoms with Crippen molar-refractivity contribution in [3.63, 3.8) is 0 Å². The lowest BCUT2D eigenvalue weighted by atomic mass is 9.80. The first kappa shape index (κ1) is 19.9. The van der Waals surface area contributed by atoms with Crippen molar-refractivity contribution in [2.24, 2.45) is 0 Å². The van der Waals surface area contributed by atoms with Gasteiger partial charge in [0.1, 0.15) is 17.8 Å². The molecule has 0 bridgehead atoms. The van der Waals surface area contributed by atoms with Crippen LogP contribution < -0.4 is 10.6 Å². The molecule has 0 saturated heterocycles. The average molecular weight is 385 g/mol. The third-order valence-corrected chi connectivity index (χ3v) is 5.18. The van der Waals surface area contributed by atoms with Gasteiger partial charge in [-0.05, 0) is 38.8 Å². The van der Waals surface area contributed by atoms with E-state index in [0.717, 1.165) is 37.8 Å². The molecule has 1 aliphatic carbocycles. The van der Waals surface area contributed by atoms with Gasteiger partial charge in [-0.25, -0.2) is 4.98 Å². The summed E-state index contributed by atoms with van der Waals surface area (Å²) in [6.45, 7) is 3.83. The molecule has 1 fully saturated rings. The average Bonchev–Trinajstić information content (AvgIpc) is 3.12. The number of aryl methyl sites for hydroxylation is 1. The Hall–Kier alpha value is -2.90. The van der Waals surface area contributed by atoms with E-state index in [4.69, 9.17) is 5.11 Å². The smallest absolute Gasteiger partial charge is 0.311 e. The number of carbonyl (C=O) groups is 2. The third kappa shape index (κ3) is 4.68. The van der Waals surface area contributed by atoms with Gasteiger partial charge in [0.2, 0.25) is 5.91 Å². The fourth-order valence-corrected chi connectivity index (χ4v) is 3.60. The van der Waals surface area contributed by atoms with E-state index < -0.39 is 17.6 Å². The molecular formula is C20H27N5O3. The first-order chi connectivity index (χ1) is 13.4. The minimum absolute atomic E-state index is 0.0788. The van der Waals surface area contributed by atoms with Gasteiger partial charge in [-0.15, -0.1) is 0 Å². The number of aromatic amines is 1. The molecule has 1 unspecified atom stereocenters. The van der Waals surface area contributed by atoms with Crippen LogP contribution in [0.15, 0.2) is 24.3 Å². The molecule has 1 atom stereocenters. The Kier molecular flexibility index (Phi) is 5.96. The summed E-state index contributed by atoms with van der Waals surface area (Å²) in [7, 11) is 0. The molecule has 1 aromatic carbocycles. The van der Waals surface area contributed by atoms with E-state index >= 15 is 0 Å². The minimum Gasteiger partial charge on any atom is -0.481 e. The van der Waals surface area contributed by atoms with Gasteiger partial charge in [0, 0.05) is 5.69 Å². The zero-order valence-corrected chi connectivity index (χ0v) is 16.3. The number of carbonyl (C=O) groups excluding carboxylic acids is 1. The lowest BCUT2D eigenvalue weighted by molar-refractivity contribution is -0.136. The third-order valence-electron chi connectivity index (χ3n) is 5.18. The highest BCUT2D eigenvalue weighted by atomic mass is 16.4. The van der Waals surface area contributed by atoms with Crippen molar-refractivity contribution in [2.75, 3.05) is 5.32 Å². The van der Waals surface area contributed by atoms with Crippen LogP contribution >= 0.6 is 0 Å². The van der Waals surface area contributed by atoms with Crippen LogP contribution in [0.25, 0.3) is 0 Å². The van der Waals surface area contributed by atoms with Gasteiger partial charge < -0.3 is 15.7 Å². The zero-order valence-electron chi connectivity index (χ0n) is 16.3. The van der Waals surface area contributed by atoms with E-state index in [0.29, 0.717) is 5.82 Å². The molecule has 4 N–H and O–H groups in total. The van der Waals surface area contributed by atoms with Crippen LogP contribution in [-0.4, -0.2) is 37.7 Å². The van der Waals surface area contributed by atoms with Crippen LogP contribution in [0.5, 0.6) is 0 Å². The number of nitrogens with one attached hydrogen (secondary N) is 3. The molecule has 1 aliphatic rings. The van der Waals surface area contributed by atoms with Crippen LogP contribution in [0.2, 0.25) is 0 Å². The van der Waals surface area contributed by atoms with Gasteiger partial charge in [0.05, 0.1) is 6.04 Å². The number of benzene rings is 1. The minimum atomic E-state index is -0.983. The van der Waals surface area contributed by atoms with Crippen LogP contribution in [0.3, 0.4) is 0 Å². The number of H-pyrrole nitrogens is 1. The lowest BCUT2D eigenvalue weighted by Gasteiger charge is -2.38. The van der Waals surface area contributed by atoms with Gasteiger partial charge in [-0.2, -0.15) is 5.10 Å². The molecular weight excluding hydrogens is 358 g/mol. The molecule has 8 nitrogen and oxygen atoms in total. The van der Waals surface area contributed by atoms with E-state index in [1.807, 2.05) is 31.2 Å². The molecule has 1 amide bonds. The normalized spacial score (nSPS) is 16.9. The maximum absolute atomic E-state index is 13.2. The summed E-state index contributed by atoms with van der Waals surface area (Å²) in [5.74, 6) is -0.410. The highest BCUT2D eigenvalue weighted by molar-refractivity contribution is 5.89. The number of carboxylic acid groups (broad SMARTS) is 1. The number of carboxylic acids is 1. The number of rotatable bonds is 7. The fourth-order valence-electron chi connectivity index (χ4n) is 3.60. The van der Waals surface area contributed by atoms with Crippen molar-refractivity contribution in [1.29, 1.82) is 0 Å². The van der Waals surface area contributed by atoms with E-state index in [1.54, 1.807) is 6.92 Å². The van der Waals surface area contributed by atoms with Gasteiger partial charge in [0.15, 0.2) is 5.82 Å². The number of hydrogen-bond donors (Lipinski definition) is 4. The Bertz CT molecular complexity index is 825. The Morgan fingerprint density at radius 2 is 1.89 bits per heavy atom. The summed E-state index contributed by atoms with van der Waals surface area (Å²) in [6, 6.07) is 7.62. The number of aromatic nitrogens is 3. The molecule has 8 heteroatoms. The molecule has 1 saturated carbocycles. The highest BCUT2D eigenvalue weighted by Gasteiger charge is 2.40. The first-order valence-corrected chi connectivity index (χ1v) is 9.67. The summed E-state index contributed by atoms with van der Waals surface area (Å²) in [4.78, 5) is 28.2. The van der Waals surface area contributed by atoms with Crippen molar-refractivity contribution in [3.8, 4) is 0 Å². The molecule has 0 aliphatic heterocycles. The number of hydrogen-bond acceptors (Lipinski definition) is 5. The summed E-state index contributed by atoms with van der Waals surface area (Å²) < 4.78 is 0. The Morgan fingerprint density at radius 1 is 1.21 bits per heavy atom. The lowest BCUT2D eigenvalue weighted by Crippen LogP contribution is -2.54. The maximum atomic E-state index is 13.2. The van der Waals surface area contributed by atoms with Crippen molar-refractivity contribution in [2.45, 2.75) is 64.0 Å². The molecule has 3 rings (SSSR count). The number of anilines is 1. The van der Waals surface area contributed by atoms with Gasteiger partial charge >= 0.3 is 5.97 Å². The van der Waals surface area contributed by atoms with Gasteiger partial charge in [0.25, 0.3) is 0 Å². The molecule has 150 valence electrons. The standard InChI is InChI=1S/C20H27N5O3/c1-13-6-8-15(9-7-13)23-20(10-4-3-5-11-20)19(28)21-14(2)18-22-16(24-25-18)12-17(26)27/h6-9,14,23H,3-5,10-12H2,1-2H3,(H,21,28)(H,26,27)(H,22,24,25). The van der Waals surface area contributed by atoms with E-state index in [-0.39, 0.29) is 18.2 Å². The zero-order chi connectivity index (χ0) is 20.1. The second kappa shape index (κ2) is 8.41. The SMILES string of the molecule is Cc1ccc(NC2(C(=O)NC(C)c3n[nH]c(CC(=O)O)n3)CCCCC2)cc1.